The van der Waals surface area contributed by atoms with E-state index in [1.165, 1.54) is 0 Å². The highest BCUT2D eigenvalue weighted by Gasteiger charge is 2.12. The van der Waals surface area contributed by atoms with Crippen molar-refractivity contribution in [3.05, 3.63) is 53.6 Å². The predicted octanol–water partition coefficient (Wildman–Crippen LogP) is 3.64. The number of nitrogens with zero attached hydrogens (tertiary/aromatic N) is 2. The first kappa shape index (κ1) is 11.7. The number of hydrogen-bond donors (Lipinski definition) is 1. The van der Waals surface area contributed by atoms with Gasteiger partial charge in [-0.05, 0) is 36.4 Å². The van der Waals surface area contributed by atoms with Crippen LogP contribution >= 0.6 is 11.6 Å². The van der Waals surface area contributed by atoms with Gasteiger partial charge in [0.25, 0.3) is 5.89 Å². The van der Waals surface area contributed by atoms with Gasteiger partial charge in [-0.25, -0.2) is 0 Å². The molecule has 0 saturated carbocycles. The summed E-state index contributed by atoms with van der Waals surface area (Å²) in [5.41, 5.74) is 8.05. The average molecular weight is 272 g/mol. The van der Waals surface area contributed by atoms with Crippen LogP contribution in [0.1, 0.15) is 0 Å². The molecule has 3 rings (SSSR count). The first-order chi connectivity index (χ1) is 9.24. The normalized spacial score (nSPS) is 10.6. The van der Waals surface area contributed by atoms with Gasteiger partial charge in [0.2, 0.25) is 5.82 Å². The molecule has 0 aliphatic rings. The maximum absolute atomic E-state index is 5.88. The van der Waals surface area contributed by atoms with Crippen LogP contribution in [0.3, 0.4) is 0 Å². The first-order valence-electron chi connectivity index (χ1n) is 5.68. The topological polar surface area (TPSA) is 64.9 Å². The molecule has 2 N–H and O–H groups in total. The van der Waals surface area contributed by atoms with Gasteiger partial charge in [-0.2, -0.15) is 4.98 Å². The van der Waals surface area contributed by atoms with E-state index in [9.17, 15) is 0 Å². The van der Waals surface area contributed by atoms with Crippen LogP contribution in [-0.2, 0) is 0 Å². The third-order valence-electron chi connectivity index (χ3n) is 2.72. The van der Waals surface area contributed by atoms with Crippen molar-refractivity contribution in [3.63, 3.8) is 0 Å². The smallest absolute Gasteiger partial charge is 0.260 e. The highest BCUT2D eigenvalue weighted by molar-refractivity contribution is 6.30. The molecule has 0 unspecified atom stereocenters. The third kappa shape index (κ3) is 2.30. The van der Waals surface area contributed by atoms with Crippen LogP contribution in [0.15, 0.2) is 53.1 Å². The Hall–Kier alpha value is -2.33. The Morgan fingerprint density at radius 3 is 2.47 bits per heavy atom. The molecule has 94 valence electrons. The minimum atomic E-state index is 0.406. The molecule has 1 heterocycles. The lowest BCUT2D eigenvalue weighted by molar-refractivity contribution is 0.432. The Morgan fingerprint density at radius 1 is 1.00 bits per heavy atom. The van der Waals surface area contributed by atoms with Crippen molar-refractivity contribution >= 4 is 17.3 Å². The summed E-state index contributed by atoms with van der Waals surface area (Å²) >= 11 is 5.84. The summed E-state index contributed by atoms with van der Waals surface area (Å²) < 4.78 is 5.24. The molecule has 0 saturated heterocycles. The largest absolute Gasteiger partial charge is 0.398 e. The van der Waals surface area contributed by atoms with Crippen LogP contribution in [0.25, 0.3) is 22.8 Å². The van der Waals surface area contributed by atoms with Crippen molar-refractivity contribution in [2.24, 2.45) is 0 Å². The van der Waals surface area contributed by atoms with E-state index in [0.717, 1.165) is 11.1 Å². The van der Waals surface area contributed by atoms with Crippen molar-refractivity contribution in [1.29, 1.82) is 0 Å². The van der Waals surface area contributed by atoms with Crippen molar-refractivity contribution in [2.75, 3.05) is 5.73 Å². The van der Waals surface area contributed by atoms with Crippen molar-refractivity contribution in [3.8, 4) is 22.8 Å². The van der Waals surface area contributed by atoms with Crippen molar-refractivity contribution in [1.82, 2.24) is 10.1 Å². The van der Waals surface area contributed by atoms with E-state index in [0.29, 0.717) is 22.4 Å². The van der Waals surface area contributed by atoms with Crippen LogP contribution < -0.4 is 5.73 Å². The number of hydrogen-bond acceptors (Lipinski definition) is 4. The minimum absolute atomic E-state index is 0.406. The molecule has 0 radical (unpaired) electrons. The summed E-state index contributed by atoms with van der Waals surface area (Å²) in [6.45, 7) is 0. The van der Waals surface area contributed by atoms with Gasteiger partial charge in [0.15, 0.2) is 0 Å². The number of nitrogens with two attached hydrogens (primary N) is 1. The molecule has 19 heavy (non-hydrogen) atoms. The van der Waals surface area contributed by atoms with E-state index in [2.05, 4.69) is 10.1 Å². The fourth-order valence-electron chi connectivity index (χ4n) is 1.74. The first-order valence-corrected chi connectivity index (χ1v) is 6.06. The monoisotopic (exact) mass is 271 g/mol. The maximum Gasteiger partial charge on any atom is 0.260 e. The molecule has 0 atom stereocenters. The van der Waals surface area contributed by atoms with Crippen molar-refractivity contribution in [2.45, 2.75) is 0 Å². The molecule has 4 nitrogen and oxygen atoms in total. The molecule has 0 bridgehead atoms. The van der Waals surface area contributed by atoms with Gasteiger partial charge in [-0.15, -0.1) is 0 Å². The number of anilines is 1. The van der Waals surface area contributed by atoms with Gasteiger partial charge < -0.3 is 10.3 Å². The summed E-state index contributed by atoms with van der Waals surface area (Å²) in [5.74, 6) is 0.915. The average Bonchev–Trinajstić information content (AvgIpc) is 2.89. The van der Waals surface area contributed by atoms with Crippen LogP contribution in [0.2, 0.25) is 5.02 Å². The molecule has 2 aromatic carbocycles. The standard InChI is InChI=1S/C14H10ClN3O/c15-10-7-5-9(6-8-10)13-17-14(19-18-13)11-3-1-2-4-12(11)16/h1-8H,16H2. The molecule has 0 spiro atoms. The molecule has 0 aliphatic heterocycles. The highest BCUT2D eigenvalue weighted by Crippen LogP contribution is 2.26. The molecular weight excluding hydrogens is 262 g/mol. The third-order valence-corrected chi connectivity index (χ3v) is 2.97. The number of aromatic nitrogens is 2. The summed E-state index contributed by atoms with van der Waals surface area (Å²) in [7, 11) is 0. The Bertz CT molecular complexity index is 707. The molecule has 0 aliphatic carbocycles. The lowest BCUT2D eigenvalue weighted by atomic mass is 10.2. The number of halogens is 1. The Balaban J connectivity index is 2.00. The van der Waals surface area contributed by atoms with Crippen LogP contribution in [0.4, 0.5) is 5.69 Å². The second-order valence-electron chi connectivity index (χ2n) is 4.02. The van der Waals surface area contributed by atoms with Crippen molar-refractivity contribution < 1.29 is 4.52 Å². The molecule has 0 amide bonds. The fourth-order valence-corrected chi connectivity index (χ4v) is 1.87. The van der Waals surface area contributed by atoms with Gasteiger partial charge in [-0.3, -0.25) is 0 Å². The zero-order valence-corrected chi connectivity index (χ0v) is 10.6. The lowest BCUT2D eigenvalue weighted by Gasteiger charge is -1.98. The molecule has 5 heteroatoms. The minimum Gasteiger partial charge on any atom is -0.398 e. The summed E-state index contributed by atoms with van der Waals surface area (Å²) in [6, 6.07) is 14.6. The van der Waals surface area contributed by atoms with Gasteiger partial charge in [0, 0.05) is 16.3 Å². The summed E-state index contributed by atoms with van der Waals surface area (Å²) in [4.78, 5) is 4.34. The van der Waals surface area contributed by atoms with E-state index in [4.69, 9.17) is 21.9 Å². The van der Waals surface area contributed by atoms with Crippen LogP contribution in [0.5, 0.6) is 0 Å². The molecule has 1 aromatic heterocycles. The SMILES string of the molecule is Nc1ccccc1-c1nc(-c2ccc(Cl)cc2)no1. The number of para-hydroxylation sites is 1. The number of rotatable bonds is 2. The molecule has 3 aromatic rings. The lowest BCUT2D eigenvalue weighted by Crippen LogP contribution is -1.89. The fraction of sp³-hybridized carbons (Fsp3) is 0. The van der Waals surface area contributed by atoms with Gasteiger partial charge in [0.05, 0.1) is 5.56 Å². The van der Waals surface area contributed by atoms with Crippen LogP contribution in [-0.4, -0.2) is 10.1 Å². The van der Waals surface area contributed by atoms with E-state index < -0.39 is 0 Å². The summed E-state index contributed by atoms with van der Waals surface area (Å²) in [6.07, 6.45) is 0. The number of benzene rings is 2. The van der Waals surface area contributed by atoms with Gasteiger partial charge >= 0.3 is 0 Å². The molecule has 0 fully saturated rings. The number of nitrogen functional groups attached to an aromatic ring is 1. The predicted molar refractivity (Wildman–Crippen MR) is 74.6 cm³/mol. The summed E-state index contributed by atoms with van der Waals surface area (Å²) in [5, 5.41) is 4.62. The second-order valence-corrected chi connectivity index (χ2v) is 4.45. The van der Waals surface area contributed by atoms with E-state index in [1.54, 1.807) is 18.2 Å². The van der Waals surface area contributed by atoms with Gasteiger partial charge in [-0.1, -0.05) is 28.9 Å². The quantitative estimate of drug-likeness (QED) is 0.723. The Kier molecular flexibility index (Phi) is 2.93. The highest BCUT2D eigenvalue weighted by atomic mass is 35.5. The maximum atomic E-state index is 5.88. The van der Waals surface area contributed by atoms with E-state index in [-0.39, 0.29) is 0 Å². The zero-order chi connectivity index (χ0) is 13.2. The zero-order valence-electron chi connectivity index (χ0n) is 9.88. The molecular formula is C14H10ClN3O. The Morgan fingerprint density at radius 2 is 1.74 bits per heavy atom. The Labute approximate surface area is 114 Å². The van der Waals surface area contributed by atoms with E-state index >= 15 is 0 Å². The second kappa shape index (κ2) is 4.74. The van der Waals surface area contributed by atoms with Crippen LogP contribution in [0, 0.1) is 0 Å². The van der Waals surface area contributed by atoms with Gasteiger partial charge in [0.1, 0.15) is 0 Å². The van der Waals surface area contributed by atoms with E-state index in [1.807, 2.05) is 30.3 Å².